The van der Waals surface area contributed by atoms with Crippen LogP contribution in [0.1, 0.15) is 48.0 Å². The number of allylic oxidation sites excluding steroid dienone is 2. The molecule has 4 rings (SSSR count). The van der Waals surface area contributed by atoms with Crippen LogP contribution in [0.15, 0.2) is 36.5 Å². The summed E-state index contributed by atoms with van der Waals surface area (Å²) >= 11 is 0. The first kappa shape index (κ1) is 18.1. The number of benzene rings is 1. The highest BCUT2D eigenvalue weighted by molar-refractivity contribution is 5.99. The van der Waals surface area contributed by atoms with Gasteiger partial charge in [-0.05, 0) is 49.2 Å². The van der Waals surface area contributed by atoms with E-state index in [0.717, 1.165) is 17.3 Å². The Hall–Kier alpha value is -2.24. The minimum absolute atomic E-state index is 0.166. The van der Waals surface area contributed by atoms with Crippen molar-refractivity contribution in [1.82, 2.24) is 10.3 Å². The van der Waals surface area contributed by atoms with Crippen LogP contribution in [0.5, 0.6) is 0 Å². The maximum atomic E-state index is 12.5. The van der Waals surface area contributed by atoms with Crippen LogP contribution in [-0.4, -0.2) is 42.4 Å². The Morgan fingerprint density at radius 1 is 1.37 bits per heavy atom. The summed E-state index contributed by atoms with van der Waals surface area (Å²) in [6, 6.07) is 7.60. The van der Waals surface area contributed by atoms with Gasteiger partial charge in [-0.1, -0.05) is 24.3 Å². The summed E-state index contributed by atoms with van der Waals surface area (Å²) < 4.78 is 5.01. The van der Waals surface area contributed by atoms with Crippen LogP contribution in [0.25, 0.3) is 16.5 Å². The van der Waals surface area contributed by atoms with E-state index in [1.54, 1.807) is 13.3 Å². The normalized spacial score (nSPS) is 19.0. The molecule has 1 spiro atoms. The molecule has 142 valence electrons. The molecule has 1 heterocycles. The topological polar surface area (TPSA) is 71.5 Å². The first-order valence-corrected chi connectivity index (χ1v) is 9.63. The molecule has 0 bridgehead atoms. The van der Waals surface area contributed by atoms with Crippen molar-refractivity contribution >= 4 is 22.4 Å². The van der Waals surface area contributed by atoms with Crippen molar-refractivity contribution < 1.29 is 14.6 Å². The molecule has 27 heavy (non-hydrogen) atoms. The number of methoxy groups -OCH3 is 1. The van der Waals surface area contributed by atoms with Crippen LogP contribution in [-0.2, 0) is 4.74 Å². The molecular formula is C22H26N2O3. The van der Waals surface area contributed by atoms with Crippen LogP contribution in [0.4, 0.5) is 0 Å². The number of aliphatic hydroxyl groups excluding tert-OH is 1. The SMILES string of the molecule is COC[C@H](CO)NC(=O)c1cnc2c(C3=CCC4(CC3)CC4)cccc2c1. The molecule has 1 aromatic carbocycles. The maximum Gasteiger partial charge on any atom is 0.253 e. The van der Waals surface area contributed by atoms with Crippen LogP contribution >= 0.6 is 0 Å². The Morgan fingerprint density at radius 3 is 2.89 bits per heavy atom. The van der Waals surface area contributed by atoms with E-state index >= 15 is 0 Å². The van der Waals surface area contributed by atoms with Crippen LogP contribution in [0, 0.1) is 5.41 Å². The number of amides is 1. The zero-order valence-corrected chi connectivity index (χ0v) is 15.7. The number of ether oxygens (including phenoxy) is 1. The monoisotopic (exact) mass is 366 g/mol. The van der Waals surface area contributed by atoms with Crippen molar-refractivity contribution in [2.24, 2.45) is 5.41 Å². The molecule has 5 heteroatoms. The number of para-hydroxylation sites is 1. The number of fused-ring (bicyclic) bond motifs is 1. The molecule has 1 fully saturated rings. The molecule has 2 aliphatic carbocycles. The Labute approximate surface area is 159 Å². The van der Waals surface area contributed by atoms with E-state index in [1.807, 2.05) is 18.2 Å². The number of aromatic nitrogens is 1. The minimum atomic E-state index is -0.424. The predicted molar refractivity (Wildman–Crippen MR) is 105 cm³/mol. The third-order valence-electron chi connectivity index (χ3n) is 5.91. The summed E-state index contributed by atoms with van der Waals surface area (Å²) in [6.07, 6.45) is 10.3. The van der Waals surface area contributed by atoms with Gasteiger partial charge in [0, 0.05) is 24.3 Å². The Bertz CT molecular complexity index is 886. The van der Waals surface area contributed by atoms with Gasteiger partial charge in [0.15, 0.2) is 0 Å². The summed E-state index contributed by atoms with van der Waals surface area (Å²) in [5.74, 6) is -0.251. The van der Waals surface area contributed by atoms with Gasteiger partial charge in [-0.2, -0.15) is 0 Å². The van der Waals surface area contributed by atoms with Crippen molar-refractivity contribution in [3.63, 3.8) is 0 Å². The molecule has 0 saturated heterocycles. The highest BCUT2D eigenvalue weighted by Crippen LogP contribution is 2.56. The smallest absolute Gasteiger partial charge is 0.253 e. The number of aliphatic hydroxyl groups is 1. The van der Waals surface area contributed by atoms with Gasteiger partial charge in [0.2, 0.25) is 0 Å². The summed E-state index contributed by atoms with van der Waals surface area (Å²) in [7, 11) is 1.54. The highest BCUT2D eigenvalue weighted by atomic mass is 16.5. The van der Waals surface area contributed by atoms with Crippen molar-refractivity contribution in [3.05, 3.63) is 47.7 Å². The minimum Gasteiger partial charge on any atom is -0.394 e. The lowest BCUT2D eigenvalue weighted by atomic mass is 9.84. The van der Waals surface area contributed by atoms with E-state index in [9.17, 15) is 9.90 Å². The molecular weight excluding hydrogens is 340 g/mol. The van der Waals surface area contributed by atoms with E-state index in [-0.39, 0.29) is 19.1 Å². The molecule has 0 aliphatic heterocycles. The quantitative estimate of drug-likeness (QED) is 0.823. The van der Waals surface area contributed by atoms with Crippen molar-refractivity contribution in [2.45, 2.75) is 38.1 Å². The average Bonchev–Trinajstić information content (AvgIpc) is 3.46. The van der Waals surface area contributed by atoms with Gasteiger partial charge in [-0.3, -0.25) is 9.78 Å². The molecule has 1 saturated carbocycles. The van der Waals surface area contributed by atoms with Gasteiger partial charge < -0.3 is 15.2 Å². The number of hydrogen-bond donors (Lipinski definition) is 2. The van der Waals surface area contributed by atoms with Gasteiger partial charge in [0.05, 0.1) is 30.3 Å². The molecule has 2 N–H and O–H groups in total. The van der Waals surface area contributed by atoms with E-state index in [4.69, 9.17) is 4.74 Å². The Kier molecular flexibility index (Phi) is 4.98. The van der Waals surface area contributed by atoms with E-state index in [2.05, 4.69) is 22.4 Å². The van der Waals surface area contributed by atoms with Crippen LogP contribution in [0.3, 0.4) is 0 Å². The lowest BCUT2D eigenvalue weighted by Gasteiger charge is -2.22. The molecule has 0 unspecified atom stereocenters. The Balaban J connectivity index is 1.58. The molecule has 1 amide bonds. The summed E-state index contributed by atoms with van der Waals surface area (Å²) in [4.78, 5) is 17.1. The maximum absolute atomic E-state index is 12.5. The average molecular weight is 366 g/mol. The molecule has 5 nitrogen and oxygen atoms in total. The van der Waals surface area contributed by atoms with E-state index in [0.29, 0.717) is 11.0 Å². The van der Waals surface area contributed by atoms with Crippen molar-refractivity contribution in [2.75, 3.05) is 20.3 Å². The zero-order valence-electron chi connectivity index (χ0n) is 15.7. The van der Waals surface area contributed by atoms with Gasteiger partial charge >= 0.3 is 0 Å². The lowest BCUT2D eigenvalue weighted by molar-refractivity contribution is 0.0839. The molecule has 0 radical (unpaired) electrons. The highest BCUT2D eigenvalue weighted by Gasteiger charge is 2.42. The molecule has 1 aromatic heterocycles. The molecule has 2 aromatic rings. The van der Waals surface area contributed by atoms with E-state index in [1.165, 1.54) is 36.8 Å². The van der Waals surface area contributed by atoms with Gasteiger partial charge in [-0.25, -0.2) is 0 Å². The second-order valence-electron chi connectivity index (χ2n) is 7.84. The lowest BCUT2D eigenvalue weighted by Crippen LogP contribution is -2.40. The number of rotatable bonds is 6. The fraction of sp³-hybridized carbons (Fsp3) is 0.455. The second kappa shape index (κ2) is 7.41. The molecule has 2 aliphatic rings. The first-order valence-electron chi connectivity index (χ1n) is 9.63. The Morgan fingerprint density at radius 2 is 2.22 bits per heavy atom. The number of nitrogens with zero attached hydrogens (tertiary/aromatic N) is 1. The fourth-order valence-corrected chi connectivity index (χ4v) is 3.97. The number of hydrogen-bond acceptors (Lipinski definition) is 4. The number of carbonyl (C=O) groups is 1. The zero-order chi connectivity index (χ0) is 18.9. The summed E-state index contributed by atoms with van der Waals surface area (Å²) in [5.41, 5.74) is 4.61. The summed E-state index contributed by atoms with van der Waals surface area (Å²) in [5, 5.41) is 13.1. The number of pyridine rings is 1. The number of carbonyl (C=O) groups excluding carboxylic acids is 1. The van der Waals surface area contributed by atoms with Gasteiger partial charge in [0.1, 0.15) is 0 Å². The van der Waals surface area contributed by atoms with Crippen LogP contribution in [0.2, 0.25) is 0 Å². The standard InChI is InChI=1S/C22H26N2O3/c1-27-14-18(13-25)24-21(26)17-11-16-3-2-4-19(20(16)23-12-17)15-5-7-22(8-6-15)9-10-22/h2-5,11-12,18,25H,6-10,13-14H2,1H3,(H,24,26)/t18-/m0/s1. The predicted octanol–water partition coefficient (Wildman–Crippen LogP) is 3.32. The largest absolute Gasteiger partial charge is 0.394 e. The first-order chi connectivity index (χ1) is 13.1. The van der Waals surface area contributed by atoms with E-state index < -0.39 is 6.04 Å². The fourth-order valence-electron chi connectivity index (χ4n) is 3.97. The van der Waals surface area contributed by atoms with Gasteiger partial charge in [-0.15, -0.1) is 0 Å². The van der Waals surface area contributed by atoms with Gasteiger partial charge in [0.25, 0.3) is 5.91 Å². The van der Waals surface area contributed by atoms with Crippen molar-refractivity contribution in [3.8, 4) is 0 Å². The number of nitrogens with one attached hydrogen (secondary N) is 1. The van der Waals surface area contributed by atoms with Crippen LogP contribution < -0.4 is 5.32 Å². The summed E-state index contributed by atoms with van der Waals surface area (Å²) in [6.45, 7) is 0.101. The molecule has 1 atom stereocenters. The second-order valence-corrected chi connectivity index (χ2v) is 7.84. The van der Waals surface area contributed by atoms with Crippen molar-refractivity contribution in [1.29, 1.82) is 0 Å². The third-order valence-corrected chi connectivity index (χ3v) is 5.91. The third kappa shape index (κ3) is 3.75.